The standard InChI is InChI=1S/C37H38ClF2N3O5S/c38-26-9-16-32(17-10-26)47-31-14-7-25(8-15-31)37(39,40)35(36(44)43-28-11-12-29(43)22-27(41)21-28)42-49(45,46)34-18-6-23-19-33(13-5-24(23)20-34)48-30-3-1-2-4-30/h5-10,13-20,27-30,35,42H,1-4,11-12,21-22,41H2/t27?,28?,29?,35-/m0/s1. The highest BCUT2D eigenvalue weighted by Gasteiger charge is 2.53. The Morgan fingerprint density at radius 3 is 2.06 bits per heavy atom. The molecule has 2 heterocycles. The molecule has 258 valence electrons. The van der Waals surface area contributed by atoms with Crippen LogP contribution in [0.15, 0.2) is 89.8 Å². The number of rotatable bonds is 10. The van der Waals surface area contributed by atoms with Crippen LogP contribution in [0, 0.1) is 0 Å². The summed E-state index contributed by atoms with van der Waals surface area (Å²) >= 11 is 5.94. The first-order valence-corrected chi connectivity index (χ1v) is 18.5. The number of sulfonamides is 1. The van der Waals surface area contributed by atoms with Crippen LogP contribution in [-0.4, -0.2) is 49.5 Å². The number of nitrogens with zero attached hydrogens (tertiary/aromatic N) is 1. The zero-order valence-electron chi connectivity index (χ0n) is 26.7. The van der Waals surface area contributed by atoms with E-state index in [1.807, 2.05) is 6.07 Å². The molecule has 4 aromatic carbocycles. The largest absolute Gasteiger partial charge is 0.490 e. The Bertz CT molecular complexity index is 1920. The quantitative estimate of drug-likeness (QED) is 0.176. The van der Waals surface area contributed by atoms with E-state index in [4.69, 9.17) is 26.8 Å². The molecular formula is C37H38ClF2N3O5S. The minimum Gasteiger partial charge on any atom is -0.490 e. The molecule has 12 heteroatoms. The highest BCUT2D eigenvalue weighted by Crippen LogP contribution is 2.40. The maximum atomic E-state index is 16.6. The molecule has 3 atom stereocenters. The van der Waals surface area contributed by atoms with Crippen LogP contribution in [0.1, 0.15) is 56.9 Å². The first-order chi connectivity index (χ1) is 23.5. The Kier molecular flexibility index (Phi) is 9.29. The smallest absolute Gasteiger partial charge is 0.298 e. The van der Waals surface area contributed by atoms with E-state index in [-0.39, 0.29) is 34.9 Å². The normalized spacial score (nSPS) is 22.0. The van der Waals surface area contributed by atoms with Gasteiger partial charge >= 0.3 is 0 Å². The van der Waals surface area contributed by atoms with Crippen molar-refractivity contribution in [2.45, 2.75) is 92.5 Å². The number of fused-ring (bicyclic) bond motifs is 3. The summed E-state index contributed by atoms with van der Waals surface area (Å²) in [6.45, 7) is 0. The van der Waals surface area contributed by atoms with Gasteiger partial charge in [0.25, 0.3) is 5.92 Å². The van der Waals surface area contributed by atoms with Gasteiger partial charge in [-0.15, -0.1) is 0 Å². The molecular weight excluding hydrogens is 672 g/mol. The van der Waals surface area contributed by atoms with E-state index in [2.05, 4.69) is 4.72 Å². The highest BCUT2D eigenvalue weighted by atomic mass is 35.5. The number of carbonyl (C=O) groups excluding carboxylic acids is 1. The summed E-state index contributed by atoms with van der Waals surface area (Å²) in [7, 11) is -4.60. The monoisotopic (exact) mass is 709 g/mol. The lowest BCUT2D eigenvalue weighted by Gasteiger charge is -2.41. The Morgan fingerprint density at radius 2 is 1.41 bits per heavy atom. The Morgan fingerprint density at radius 1 is 0.837 bits per heavy atom. The first kappa shape index (κ1) is 33.7. The van der Waals surface area contributed by atoms with Crippen LogP contribution >= 0.6 is 11.6 Å². The van der Waals surface area contributed by atoms with Crippen molar-refractivity contribution in [3.8, 4) is 17.2 Å². The summed E-state index contributed by atoms with van der Waals surface area (Å²) in [6.07, 6.45) is 6.62. The summed E-state index contributed by atoms with van der Waals surface area (Å²) in [4.78, 5) is 15.4. The molecule has 2 unspecified atom stereocenters. The van der Waals surface area contributed by atoms with Crippen molar-refractivity contribution in [3.63, 3.8) is 0 Å². The van der Waals surface area contributed by atoms with Gasteiger partial charge in [0, 0.05) is 28.7 Å². The maximum Gasteiger partial charge on any atom is 0.298 e. The molecule has 1 amide bonds. The summed E-state index contributed by atoms with van der Waals surface area (Å²) in [6, 6.07) is 18.1. The number of alkyl halides is 2. The lowest BCUT2D eigenvalue weighted by Crippen LogP contribution is -2.60. The zero-order chi connectivity index (χ0) is 34.3. The third-order valence-electron chi connectivity index (χ3n) is 9.89. The molecule has 2 saturated heterocycles. The average molecular weight is 710 g/mol. The molecule has 8 nitrogen and oxygen atoms in total. The minimum atomic E-state index is -4.60. The number of piperidine rings is 1. The van der Waals surface area contributed by atoms with Gasteiger partial charge in [0.1, 0.15) is 17.2 Å². The summed E-state index contributed by atoms with van der Waals surface area (Å²) < 4.78 is 75.0. The molecule has 1 saturated carbocycles. The topological polar surface area (TPSA) is 111 Å². The molecule has 3 N–H and O–H groups in total. The number of hydrogen-bond donors (Lipinski definition) is 2. The van der Waals surface area contributed by atoms with E-state index in [0.717, 1.165) is 43.2 Å². The maximum absolute atomic E-state index is 16.6. The molecule has 49 heavy (non-hydrogen) atoms. The second kappa shape index (κ2) is 13.5. The van der Waals surface area contributed by atoms with Crippen molar-refractivity contribution in [2.75, 3.05) is 0 Å². The molecule has 0 aromatic heterocycles. The Balaban J connectivity index is 1.17. The van der Waals surface area contributed by atoms with E-state index in [9.17, 15) is 13.2 Å². The number of halogens is 3. The van der Waals surface area contributed by atoms with Crippen molar-refractivity contribution < 1.29 is 31.5 Å². The van der Waals surface area contributed by atoms with Gasteiger partial charge in [-0.2, -0.15) is 13.5 Å². The number of benzene rings is 4. The molecule has 2 aliphatic heterocycles. The molecule has 0 radical (unpaired) electrons. The van der Waals surface area contributed by atoms with Crippen molar-refractivity contribution >= 4 is 38.3 Å². The van der Waals surface area contributed by atoms with Crippen LogP contribution in [0.2, 0.25) is 5.02 Å². The van der Waals surface area contributed by atoms with Crippen LogP contribution in [0.5, 0.6) is 17.2 Å². The Hall–Kier alpha value is -3.77. The summed E-state index contributed by atoms with van der Waals surface area (Å²) in [5.74, 6) is -3.47. The fraction of sp³-hybridized carbons (Fsp3) is 0.378. The van der Waals surface area contributed by atoms with Gasteiger partial charge in [0.15, 0.2) is 6.04 Å². The van der Waals surface area contributed by atoms with Crippen LogP contribution in [0.4, 0.5) is 8.78 Å². The fourth-order valence-electron chi connectivity index (χ4n) is 7.42. The molecule has 3 aliphatic rings. The average Bonchev–Trinajstić information content (AvgIpc) is 3.69. The predicted octanol–water partition coefficient (Wildman–Crippen LogP) is 7.53. The SMILES string of the molecule is NC1CC2CCC(C1)N2C(=O)[C@H](NS(=O)(=O)c1ccc2cc(OC3CCCC3)ccc2c1)C(F)(F)c1ccc(Oc2ccc(Cl)cc2)cc1. The van der Waals surface area contributed by atoms with Crippen LogP contribution in [0.25, 0.3) is 10.8 Å². The number of amides is 1. The molecule has 4 aromatic rings. The molecule has 1 aliphatic carbocycles. The molecule has 7 rings (SSSR count). The molecule has 0 spiro atoms. The van der Waals surface area contributed by atoms with Crippen LogP contribution in [0.3, 0.4) is 0 Å². The Labute approximate surface area is 289 Å². The highest BCUT2D eigenvalue weighted by molar-refractivity contribution is 7.89. The molecule has 3 fully saturated rings. The van der Waals surface area contributed by atoms with Gasteiger partial charge in [0.05, 0.1) is 11.0 Å². The van der Waals surface area contributed by atoms with Gasteiger partial charge in [-0.1, -0.05) is 23.7 Å². The first-order valence-electron chi connectivity index (χ1n) is 16.7. The van der Waals surface area contributed by atoms with Gasteiger partial charge in [-0.3, -0.25) is 4.79 Å². The second-order valence-corrected chi connectivity index (χ2v) is 15.5. The second-order valence-electron chi connectivity index (χ2n) is 13.3. The summed E-state index contributed by atoms with van der Waals surface area (Å²) in [5.41, 5.74) is 5.66. The van der Waals surface area contributed by atoms with Crippen molar-refractivity contribution in [1.29, 1.82) is 0 Å². The zero-order valence-corrected chi connectivity index (χ0v) is 28.3. The third-order valence-corrected chi connectivity index (χ3v) is 11.6. The van der Waals surface area contributed by atoms with Gasteiger partial charge in [0.2, 0.25) is 15.9 Å². The lowest BCUT2D eigenvalue weighted by atomic mass is 9.94. The van der Waals surface area contributed by atoms with Gasteiger partial charge in [-0.05, 0) is 135 Å². The third kappa shape index (κ3) is 7.12. The van der Waals surface area contributed by atoms with Crippen molar-refractivity contribution in [2.24, 2.45) is 5.73 Å². The fourth-order valence-corrected chi connectivity index (χ4v) is 8.77. The summed E-state index contributed by atoms with van der Waals surface area (Å²) in [5, 5.41) is 1.86. The van der Waals surface area contributed by atoms with Gasteiger partial charge in [-0.25, -0.2) is 8.42 Å². The van der Waals surface area contributed by atoms with E-state index in [0.29, 0.717) is 47.6 Å². The lowest BCUT2D eigenvalue weighted by molar-refractivity contribution is -0.149. The predicted molar refractivity (Wildman–Crippen MR) is 184 cm³/mol. The number of hydrogen-bond acceptors (Lipinski definition) is 6. The number of carbonyl (C=O) groups is 1. The molecule has 2 bridgehead atoms. The number of nitrogens with one attached hydrogen (secondary N) is 1. The van der Waals surface area contributed by atoms with Crippen LogP contribution < -0.4 is 19.9 Å². The number of nitrogens with two attached hydrogens (primary N) is 1. The number of ether oxygens (including phenoxy) is 2. The van der Waals surface area contributed by atoms with E-state index in [1.165, 1.54) is 29.2 Å². The van der Waals surface area contributed by atoms with E-state index >= 15 is 8.78 Å². The van der Waals surface area contributed by atoms with E-state index < -0.39 is 33.5 Å². The van der Waals surface area contributed by atoms with Crippen molar-refractivity contribution in [3.05, 3.63) is 95.5 Å². The van der Waals surface area contributed by atoms with Crippen LogP contribution in [-0.2, 0) is 20.7 Å². The van der Waals surface area contributed by atoms with Crippen molar-refractivity contribution in [1.82, 2.24) is 9.62 Å². The minimum absolute atomic E-state index is 0.146. The van der Waals surface area contributed by atoms with E-state index in [1.54, 1.807) is 42.5 Å². The van der Waals surface area contributed by atoms with Gasteiger partial charge < -0.3 is 20.1 Å².